The Balaban J connectivity index is 2.13. The first kappa shape index (κ1) is 9.66. The Morgan fingerprint density at radius 1 is 1.50 bits per heavy atom. The lowest BCUT2D eigenvalue weighted by Crippen LogP contribution is -2.08. The summed E-state index contributed by atoms with van der Waals surface area (Å²) in [4.78, 5) is 0. The van der Waals surface area contributed by atoms with Crippen LogP contribution in [0.15, 0.2) is 24.3 Å². The van der Waals surface area contributed by atoms with Gasteiger partial charge in [-0.1, -0.05) is 24.3 Å². The topological polar surface area (TPSA) is 26.0 Å². The van der Waals surface area contributed by atoms with E-state index >= 15 is 0 Å². The van der Waals surface area contributed by atoms with Crippen LogP contribution in [-0.4, -0.2) is 5.67 Å². The van der Waals surface area contributed by atoms with Gasteiger partial charge in [0.2, 0.25) is 0 Å². The van der Waals surface area contributed by atoms with Gasteiger partial charge in [-0.2, -0.15) is 0 Å². The Morgan fingerprint density at radius 3 is 2.79 bits per heavy atom. The van der Waals surface area contributed by atoms with Crippen LogP contribution in [0.2, 0.25) is 0 Å². The van der Waals surface area contributed by atoms with Gasteiger partial charge in [0, 0.05) is 12.5 Å². The summed E-state index contributed by atoms with van der Waals surface area (Å²) in [5, 5.41) is 0. The molecule has 0 heterocycles. The first-order valence-electron chi connectivity index (χ1n) is 5.12. The Kier molecular flexibility index (Phi) is 2.31. The summed E-state index contributed by atoms with van der Waals surface area (Å²) >= 11 is 0. The van der Waals surface area contributed by atoms with Crippen molar-refractivity contribution in [1.82, 2.24) is 0 Å². The Hall–Kier alpha value is -0.890. The van der Waals surface area contributed by atoms with E-state index in [0.717, 1.165) is 24.0 Å². The molecule has 1 aromatic carbocycles. The van der Waals surface area contributed by atoms with Gasteiger partial charge in [0.25, 0.3) is 0 Å². The minimum atomic E-state index is -0.906. The smallest absolute Gasteiger partial charge is 0.115 e. The highest BCUT2D eigenvalue weighted by molar-refractivity contribution is 5.27. The number of alkyl halides is 1. The second-order valence-electron chi connectivity index (χ2n) is 4.36. The maximum atomic E-state index is 13.5. The molecule has 2 heteroatoms. The molecule has 76 valence electrons. The van der Waals surface area contributed by atoms with E-state index in [-0.39, 0.29) is 6.04 Å². The van der Waals surface area contributed by atoms with E-state index in [0.29, 0.717) is 6.42 Å². The van der Waals surface area contributed by atoms with Crippen LogP contribution in [0, 0.1) is 0 Å². The first-order valence-corrected chi connectivity index (χ1v) is 5.12. The van der Waals surface area contributed by atoms with Crippen molar-refractivity contribution in [2.45, 2.75) is 37.9 Å². The normalized spacial score (nSPS) is 20.5. The zero-order valence-electron chi connectivity index (χ0n) is 8.46. The van der Waals surface area contributed by atoms with E-state index in [1.807, 2.05) is 31.2 Å². The number of hydrogen-bond donors (Lipinski definition) is 1. The van der Waals surface area contributed by atoms with Crippen LogP contribution in [0.5, 0.6) is 0 Å². The molecule has 2 rings (SSSR count). The van der Waals surface area contributed by atoms with Gasteiger partial charge in [-0.15, -0.1) is 0 Å². The maximum absolute atomic E-state index is 13.5. The Labute approximate surface area is 84.1 Å². The molecular formula is C12H16FN. The lowest BCUT2D eigenvalue weighted by molar-refractivity contribution is 0.308. The van der Waals surface area contributed by atoms with Crippen LogP contribution in [0.3, 0.4) is 0 Å². The summed E-state index contributed by atoms with van der Waals surface area (Å²) < 4.78 is 13.5. The molecule has 0 spiro atoms. The third-order valence-electron chi connectivity index (χ3n) is 2.79. The highest BCUT2D eigenvalue weighted by atomic mass is 19.1. The quantitative estimate of drug-likeness (QED) is 0.784. The van der Waals surface area contributed by atoms with E-state index in [4.69, 9.17) is 5.73 Å². The van der Waals surface area contributed by atoms with Crippen LogP contribution in [0.25, 0.3) is 0 Å². The Bertz CT molecular complexity index is 329. The third-order valence-corrected chi connectivity index (χ3v) is 2.79. The molecule has 1 nitrogen and oxygen atoms in total. The molecule has 2 N–H and O–H groups in total. The maximum Gasteiger partial charge on any atom is 0.115 e. The summed E-state index contributed by atoms with van der Waals surface area (Å²) in [5.74, 6) is 0. The van der Waals surface area contributed by atoms with Crippen molar-refractivity contribution in [2.75, 3.05) is 0 Å². The van der Waals surface area contributed by atoms with Crippen LogP contribution in [0.1, 0.15) is 36.9 Å². The lowest BCUT2D eigenvalue weighted by atomic mass is 10.0. The van der Waals surface area contributed by atoms with Gasteiger partial charge in [0.1, 0.15) is 5.67 Å². The third kappa shape index (κ3) is 2.13. The predicted octanol–water partition coefficient (Wildman–Crippen LogP) is 2.75. The van der Waals surface area contributed by atoms with E-state index in [2.05, 4.69) is 0 Å². The zero-order chi connectivity index (χ0) is 10.2. The number of rotatable bonds is 3. The van der Waals surface area contributed by atoms with Crippen LogP contribution < -0.4 is 5.73 Å². The van der Waals surface area contributed by atoms with Gasteiger partial charge in [-0.25, -0.2) is 4.39 Å². The summed E-state index contributed by atoms with van der Waals surface area (Å²) in [6, 6.07) is 7.98. The first-order chi connectivity index (χ1) is 6.59. The molecule has 0 aliphatic heterocycles. The van der Waals surface area contributed by atoms with Gasteiger partial charge < -0.3 is 5.73 Å². The molecule has 0 aromatic heterocycles. The largest absolute Gasteiger partial charge is 0.324 e. The van der Waals surface area contributed by atoms with Crippen molar-refractivity contribution in [3.05, 3.63) is 35.4 Å². The van der Waals surface area contributed by atoms with Gasteiger partial charge in [-0.05, 0) is 30.9 Å². The van der Waals surface area contributed by atoms with Crippen molar-refractivity contribution in [3.8, 4) is 0 Å². The van der Waals surface area contributed by atoms with Gasteiger partial charge in [0.15, 0.2) is 0 Å². The number of nitrogens with two attached hydrogens (primary N) is 1. The van der Waals surface area contributed by atoms with Crippen LogP contribution >= 0.6 is 0 Å². The molecule has 0 saturated heterocycles. The second-order valence-corrected chi connectivity index (χ2v) is 4.36. The van der Waals surface area contributed by atoms with E-state index in [9.17, 15) is 4.39 Å². The molecule has 1 aliphatic rings. The molecule has 1 saturated carbocycles. The average molecular weight is 193 g/mol. The SMILES string of the molecule is CC(N)c1cccc(CC2(F)CC2)c1. The van der Waals surface area contributed by atoms with Crippen LogP contribution in [-0.2, 0) is 6.42 Å². The number of hydrogen-bond acceptors (Lipinski definition) is 1. The molecule has 1 aliphatic carbocycles. The molecule has 1 atom stereocenters. The van der Waals surface area contributed by atoms with E-state index < -0.39 is 5.67 Å². The highest BCUT2D eigenvalue weighted by Gasteiger charge is 2.42. The highest BCUT2D eigenvalue weighted by Crippen LogP contribution is 2.42. The van der Waals surface area contributed by atoms with Crippen LogP contribution in [0.4, 0.5) is 4.39 Å². The van der Waals surface area contributed by atoms with Crippen molar-refractivity contribution in [1.29, 1.82) is 0 Å². The molecule has 1 aromatic rings. The van der Waals surface area contributed by atoms with E-state index in [1.54, 1.807) is 0 Å². The van der Waals surface area contributed by atoms with Crippen molar-refractivity contribution in [2.24, 2.45) is 5.73 Å². The monoisotopic (exact) mass is 193 g/mol. The van der Waals surface area contributed by atoms with Crippen molar-refractivity contribution in [3.63, 3.8) is 0 Å². The van der Waals surface area contributed by atoms with Gasteiger partial charge >= 0.3 is 0 Å². The summed E-state index contributed by atoms with van der Waals surface area (Å²) in [6.45, 7) is 1.95. The predicted molar refractivity (Wildman–Crippen MR) is 55.8 cm³/mol. The molecule has 0 amide bonds. The Morgan fingerprint density at radius 2 is 2.21 bits per heavy atom. The average Bonchev–Trinajstić information content (AvgIpc) is 2.83. The molecule has 0 bridgehead atoms. The number of halogens is 1. The van der Waals surface area contributed by atoms with Crippen molar-refractivity contribution < 1.29 is 4.39 Å². The van der Waals surface area contributed by atoms with Gasteiger partial charge in [-0.3, -0.25) is 0 Å². The second kappa shape index (κ2) is 3.35. The lowest BCUT2D eigenvalue weighted by Gasteiger charge is -2.09. The molecule has 0 radical (unpaired) electrons. The standard InChI is InChI=1S/C12H16FN/c1-9(14)11-4-2-3-10(7-11)8-12(13)5-6-12/h2-4,7,9H,5-6,8,14H2,1H3. The fourth-order valence-electron chi connectivity index (χ4n) is 1.66. The fourth-order valence-corrected chi connectivity index (χ4v) is 1.66. The van der Waals surface area contributed by atoms with Crippen molar-refractivity contribution >= 4 is 0 Å². The number of benzene rings is 1. The fraction of sp³-hybridized carbons (Fsp3) is 0.500. The zero-order valence-corrected chi connectivity index (χ0v) is 8.46. The molecule has 14 heavy (non-hydrogen) atoms. The summed E-state index contributed by atoms with van der Waals surface area (Å²) in [6.07, 6.45) is 1.98. The minimum absolute atomic E-state index is 0.0321. The molecule has 1 fully saturated rings. The summed E-state index contributed by atoms with van der Waals surface area (Å²) in [7, 11) is 0. The molecular weight excluding hydrogens is 177 g/mol. The van der Waals surface area contributed by atoms with Gasteiger partial charge in [0.05, 0.1) is 0 Å². The minimum Gasteiger partial charge on any atom is -0.324 e. The van der Waals surface area contributed by atoms with E-state index in [1.165, 1.54) is 0 Å². The molecule has 1 unspecified atom stereocenters. The summed E-state index contributed by atoms with van der Waals surface area (Å²) in [5.41, 5.74) is 7.02.